The summed E-state index contributed by atoms with van der Waals surface area (Å²) >= 11 is 3.35. The topological polar surface area (TPSA) is 55.4 Å². The number of methoxy groups -OCH3 is 1. The Kier molecular flexibility index (Phi) is 6.45. The smallest absolute Gasteiger partial charge is 0.307 e. The van der Waals surface area contributed by atoms with Crippen LogP contribution in [0.15, 0.2) is 40.4 Å². The lowest BCUT2D eigenvalue weighted by Gasteiger charge is -2.17. The minimum atomic E-state index is -0.404. The number of nitrogens with one attached hydrogen (secondary N) is 1. The number of hydrogen-bond donors (Lipinski definition) is 1. The van der Waals surface area contributed by atoms with E-state index in [0.717, 1.165) is 15.6 Å². The number of allylic oxidation sites excluding steroid dienone is 1. The maximum atomic E-state index is 11.8. The van der Waals surface area contributed by atoms with Crippen LogP contribution in [0, 0.1) is 0 Å². The SMILES string of the molecule is COC(=O)CC(NC(=O)C=C(C)C)c1ccc(Br)cc1. The molecular weight excluding hydrogens is 322 g/mol. The number of benzene rings is 1. The van der Waals surface area contributed by atoms with Crippen LogP contribution in [-0.4, -0.2) is 19.0 Å². The lowest BCUT2D eigenvalue weighted by Crippen LogP contribution is -2.29. The largest absolute Gasteiger partial charge is 0.469 e. The summed E-state index contributed by atoms with van der Waals surface area (Å²) in [5.74, 6) is -0.586. The van der Waals surface area contributed by atoms with E-state index in [1.54, 1.807) is 0 Å². The molecule has 4 nitrogen and oxygen atoms in total. The van der Waals surface area contributed by atoms with E-state index in [1.807, 2.05) is 38.1 Å². The second-order valence-corrected chi connectivity index (χ2v) is 5.53. The van der Waals surface area contributed by atoms with Crippen LogP contribution in [0.3, 0.4) is 0 Å². The van der Waals surface area contributed by atoms with Gasteiger partial charge in [-0.05, 0) is 31.5 Å². The molecule has 108 valence electrons. The molecule has 0 heterocycles. The molecule has 0 aromatic heterocycles. The van der Waals surface area contributed by atoms with Gasteiger partial charge in [0, 0.05) is 10.5 Å². The Balaban J connectivity index is 2.90. The van der Waals surface area contributed by atoms with E-state index in [1.165, 1.54) is 13.2 Å². The first kappa shape index (κ1) is 16.4. The summed E-state index contributed by atoms with van der Waals surface area (Å²) in [6.07, 6.45) is 1.60. The van der Waals surface area contributed by atoms with Gasteiger partial charge in [0.2, 0.25) is 5.91 Å². The molecule has 0 aliphatic heterocycles. The molecule has 0 fully saturated rings. The van der Waals surface area contributed by atoms with Gasteiger partial charge in [-0.2, -0.15) is 0 Å². The Morgan fingerprint density at radius 1 is 1.30 bits per heavy atom. The molecule has 0 radical (unpaired) electrons. The van der Waals surface area contributed by atoms with Crippen LogP contribution in [0.25, 0.3) is 0 Å². The van der Waals surface area contributed by atoms with Crippen molar-refractivity contribution in [3.05, 3.63) is 46.0 Å². The number of amides is 1. The van der Waals surface area contributed by atoms with Gasteiger partial charge >= 0.3 is 5.97 Å². The zero-order chi connectivity index (χ0) is 15.1. The fraction of sp³-hybridized carbons (Fsp3) is 0.333. The molecule has 1 aromatic rings. The van der Waals surface area contributed by atoms with E-state index in [4.69, 9.17) is 0 Å². The molecule has 0 aliphatic carbocycles. The van der Waals surface area contributed by atoms with Crippen LogP contribution in [0.4, 0.5) is 0 Å². The summed E-state index contributed by atoms with van der Waals surface area (Å²) < 4.78 is 5.61. The summed E-state index contributed by atoms with van der Waals surface area (Å²) in [4.78, 5) is 23.3. The standard InChI is InChI=1S/C15H18BrNO3/c1-10(2)8-14(18)17-13(9-15(19)20-3)11-4-6-12(16)7-5-11/h4-8,13H,9H2,1-3H3,(H,17,18). The third kappa shape index (κ3) is 5.57. The number of carbonyl (C=O) groups is 2. The van der Waals surface area contributed by atoms with Crippen molar-refractivity contribution < 1.29 is 14.3 Å². The quantitative estimate of drug-likeness (QED) is 0.662. The van der Waals surface area contributed by atoms with Gasteiger partial charge in [-0.1, -0.05) is 33.6 Å². The van der Waals surface area contributed by atoms with Crippen molar-refractivity contribution >= 4 is 27.8 Å². The highest BCUT2D eigenvalue weighted by atomic mass is 79.9. The number of ether oxygens (including phenoxy) is 1. The van der Waals surface area contributed by atoms with Gasteiger partial charge in [0.15, 0.2) is 0 Å². The lowest BCUT2D eigenvalue weighted by molar-refractivity contribution is -0.141. The minimum Gasteiger partial charge on any atom is -0.469 e. The normalized spacial score (nSPS) is 11.4. The highest BCUT2D eigenvalue weighted by Gasteiger charge is 2.18. The predicted octanol–water partition coefficient (Wildman–Crippen LogP) is 3.14. The first-order valence-electron chi connectivity index (χ1n) is 6.20. The van der Waals surface area contributed by atoms with Crippen LogP contribution < -0.4 is 5.32 Å². The number of hydrogen-bond acceptors (Lipinski definition) is 3. The maximum Gasteiger partial charge on any atom is 0.307 e. The molecule has 5 heteroatoms. The molecule has 1 aromatic carbocycles. The molecule has 20 heavy (non-hydrogen) atoms. The molecule has 1 rings (SSSR count). The molecule has 0 aliphatic rings. The van der Waals surface area contributed by atoms with Gasteiger partial charge in [0.1, 0.15) is 0 Å². The highest BCUT2D eigenvalue weighted by molar-refractivity contribution is 9.10. The molecular formula is C15H18BrNO3. The maximum absolute atomic E-state index is 11.8. The van der Waals surface area contributed by atoms with E-state index >= 15 is 0 Å². The summed E-state index contributed by atoms with van der Waals surface area (Å²) in [6.45, 7) is 3.68. The summed E-state index contributed by atoms with van der Waals surface area (Å²) in [5.41, 5.74) is 1.75. The second kappa shape index (κ2) is 7.85. The number of halogens is 1. The van der Waals surface area contributed by atoms with Crippen LogP contribution in [-0.2, 0) is 14.3 Å². The average Bonchev–Trinajstić information content (AvgIpc) is 2.37. The van der Waals surface area contributed by atoms with E-state index in [2.05, 4.69) is 26.0 Å². The molecule has 1 unspecified atom stereocenters. The van der Waals surface area contributed by atoms with Gasteiger partial charge in [-0.15, -0.1) is 0 Å². The molecule has 1 atom stereocenters. The van der Waals surface area contributed by atoms with Crippen LogP contribution in [0.1, 0.15) is 31.9 Å². The first-order chi connectivity index (χ1) is 9.42. The molecule has 0 spiro atoms. The molecule has 1 amide bonds. The van der Waals surface area contributed by atoms with Crippen molar-refractivity contribution in [1.29, 1.82) is 0 Å². The Bertz CT molecular complexity index is 504. The van der Waals surface area contributed by atoms with Crippen molar-refractivity contribution in [3.63, 3.8) is 0 Å². The highest BCUT2D eigenvalue weighted by Crippen LogP contribution is 2.20. The summed E-state index contributed by atoms with van der Waals surface area (Å²) in [7, 11) is 1.33. The van der Waals surface area contributed by atoms with Gasteiger partial charge in [-0.25, -0.2) is 0 Å². The Labute approximate surface area is 127 Å². The average molecular weight is 340 g/mol. The van der Waals surface area contributed by atoms with E-state index in [-0.39, 0.29) is 18.3 Å². The van der Waals surface area contributed by atoms with Gasteiger partial charge in [0.05, 0.1) is 19.6 Å². The second-order valence-electron chi connectivity index (χ2n) is 4.61. The van der Waals surface area contributed by atoms with Gasteiger partial charge < -0.3 is 10.1 Å². The van der Waals surface area contributed by atoms with Crippen LogP contribution in [0.2, 0.25) is 0 Å². The Hall–Kier alpha value is -1.62. The fourth-order valence-corrected chi connectivity index (χ4v) is 1.94. The Morgan fingerprint density at radius 3 is 2.40 bits per heavy atom. The van der Waals surface area contributed by atoms with Crippen LogP contribution >= 0.6 is 15.9 Å². The minimum absolute atomic E-state index is 0.0977. The Morgan fingerprint density at radius 2 is 1.90 bits per heavy atom. The van der Waals surface area contributed by atoms with Crippen molar-refractivity contribution in [3.8, 4) is 0 Å². The lowest BCUT2D eigenvalue weighted by atomic mass is 10.0. The molecule has 0 saturated heterocycles. The molecule has 0 saturated carbocycles. The van der Waals surface area contributed by atoms with Crippen LogP contribution in [0.5, 0.6) is 0 Å². The molecule has 0 bridgehead atoms. The number of rotatable bonds is 5. The van der Waals surface area contributed by atoms with Crippen molar-refractivity contribution in [2.24, 2.45) is 0 Å². The predicted molar refractivity (Wildman–Crippen MR) is 81.1 cm³/mol. The van der Waals surface area contributed by atoms with Gasteiger partial charge in [0.25, 0.3) is 0 Å². The third-order valence-electron chi connectivity index (χ3n) is 2.61. The zero-order valence-electron chi connectivity index (χ0n) is 11.8. The monoisotopic (exact) mass is 339 g/mol. The summed E-state index contributed by atoms with van der Waals surface area (Å²) in [5, 5.41) is 2.82. The number of esters is 1. The van der Waals surface area contributed by atoms with E-state index < -0.39 is 6.04 Å². The van der Waals surface area contributed by atoms with E-state index in [0.29, 0.717) is 0 Å². The summed E-state index contributed by atoms with van der Waals surface area (Å²) in [6, 6.07) is 7.05. The van der Waals surface area contributed by atoms with Crippen molar-refractivity contribution in [1.82, 2.24) is 5.32 Å². The molecule has 1 N–H and O–H groups in total. The van der Waals surface area contributed by atoms with Gasteiger partial charge in [-0.3, -0.25) is 9.59 Å². The van der Waals surface area contributed by atoms with Crippen molar-refractivity contribution in [2.75, 3.05) is 7.11 Å². The first-order valence-corrected chi connectivity index (χ1v) is 6.99. The number of carbonyl (C=O) groups excluding carboxylic acids is 2. The van der Waals surface area contributed by atoms with E-state index in [9.17, 15) is 9.59 Å². The third-order valence-corrected chi connectivity index (χ3v) is 3.14. The fourth-order valence-electron chi connectivity index (χ4n) is 1.67. The van der Waals surface area contributed by atoms with Crippen molar-refractivity contribution in [2.45, 2.75) is 26.3 Å². The zero-order valence-corrected chi connectivity index (χ0v) is 13.4.